The first-order chi connectivity index (χ1) is 8.83. The highest BCUT2D eigenvalue weighted by Crippen LogP contribution is 2.27. The Labute approximate surface area is 128 Å². The number of sulfonamides is 1. The third-order valence-electron chi connectivity index (χ3n) is 3.50. The van der Waals surface area contributed by atoms with Crippen LogP contribution in [-0.2, 0) is 15.4 Å². The molecule has 4 nitrogen and oxygen atoms in total. The predicted octanol–water partition coefficient (Wildman–Crippen LogP) is 2.29. The Kier molecular flexibility index (Phi) is 7.73. The van der Waals surface area contributed by atoms with Gasteiger partial charge >= 0.3 is 0 Å². The lowest BCUT2D eigenvalue weighted by atomic mass is 9.82. The monoisotopic (exact) mass is 320 g/mol. The van der Waals surface area contributed by atoms with Crippen molar-refractivity contribution in [3.8, 4) is 0 Å². The van der Waals surface area contributed by atoms with E-state index in [-0.39, 0.29) is 17.8 Å². The van der Waals surface area contributed by atoms with Gasteiger partial charge in [0, 0.05) is 13.1 Å². The van der Waals surface area contributed by atoms with E-state index in [1.807, 2.05) is 12.1 Å². The summed E-state index contributed by atoms with van der Waals surface area (Å²) in [6, 6.07) is 7.15. The first kappa shape index (κ1) is 19.4. The van der Waals surface area contributed by atoms with E-state index in [1.54, 1.807) is 19.2 Å². The van der Waals surface area contributed by atoms with Crippen molar-refractivity contribution in [2.45, 2.75) is 37.5 Å². The minimum absolute atomic E-state index is 0. The second-order valence-electron chi connectivity index (χ2n) is 5.26. The molecule has 0 aliphatic rings. The number of rotatable bonds is 7. The van der Waals surface area contributed by atoms with E-state index >= 15 is 0 Å². The van der Waals surface area contributed by atoms with Crippen LogP contribution in [0.1, 0.15) is 32.8 Å². The van der Waals surface area contributed by atoms with Gasteiger partial charge in [0.05, 0.1) is 4.90 Å². The van der Waals surface area contributed by atoms with Crippen LogP contribution in [0.25, 0.3) is 0 Å². The lowest BCUT2D eigenvalue weighted by Gasteiger charge is -2.23. The lowest BCUT2D eigenvalue weighted by Crippen LogP contribution is -2.30. The van der Waals surface area contributed by atoms with Crippen LogP contribution >= 0.6 is 12.4 Å². The van der Waals surface area contributed by atoms with E-state index in [0.717, 1.165) is 12.0 Å². The van der Waals surface area contributed by atoms with Crippen LogP contribution in [-0.4, -0.2) is 28.6 Å². The molecule has 0 aliphatic heterocycles. The van der Waals surface area contributed by atoms with Gasteiger partial charge in [-0.2, -0.15) is 0 Å². The maximum Gasteiger partial charge on any atom is 0.240 e. The minimum Gasteiger partial charge on any atom is -0.318 e. The van der Waals surface area contributed by atoms with Gasteiger partial charge in [-0.25, -0.2) is 13.1 Å². The second kappa shape index (κ2) is 7.98. The molecule has 0 unspecified atom stereocenters. The van der Waals surface area contributed by atoms with Gasteiger partial charge in [-0.1, -0.05) is 32.9 Å². The molecule has 116 valence electrons. The average molecular weight is 321 g/mol. The maximum atomic E-state index is 12.0. The fourth-order valence-corrected chi connectivity index (χ4v) is 2.71. The first-order valence-corrected chi connectivity index (χ1v) is 8.06. The van der Waals surface area contributed by atoms with Gasteiger partial charge in [0.15, 0.2) is 0 Å². The van der Waals surface area contributed by atoms with Crippen molar-refractivity contribution in [3.63, 3.8) is 0 Å². The third kappa shape index (κ3) is 5.05. The first-order valence-electron chi connectivity index (χ1n) is 6.58. The van der Waals surface area contributed by atoms with Crippen molar-refractivity contribution < 1.29 is 8.42 Å². The fourth-order valence-electron chi connectivity index (χ4n) is 1.68. The summed E-state index contributed by atoms with van der Waals surface area (Å²) in [6.07, 6.45) is 1.01. The summed E-state index contributed by atoms with van der Waals surface area (Å²) < 4.78 is 26.6. The molecule has 2 N–H and O–H groups in total. The third-order valence-corrected chi connectivity index (χ3v) is 4.97. The van der Waals surface area contributed by atoms with Crippen molar-refractivity contribution in [1.29, 1.82) is 0 Å². The van der Waals surface area contributed by atoms with E-state index in [1.165, 1.54) is 0 Å². The zero-order valence-electron chi connectivity index (χ0n) is 12.6. The van der Waals surface area contributed by atoms with E-state index in [9.17, 15) is 8.42 Å². The zero-order valence-corrected chi connectivity index (χ0v) is 14.2. The summed E-state index contributed by atoms with van der Waals surface area (Å²) in [4.78, 5) is 0.319. The van der Waals surface area contributed by atoms with E-state index < -0.39 is 10.0 Å². The van der Waals surface area contributed by atoms with Gasteiger partial charge in [-0.05, 0) is 36.6 Å². The van der Waals surface area contributed by atoms with E-state index in [4.69, 9.17) is 0 Å². The molecular formula is C14H25ClN2O2S. The summed E-state index contributed by atoms with van der Waals surface area (Å²) in [5.41, 5.74) is 1.23. The Bertz CT molecular complexity index is 498. The van der Waals surface area contributed by atoms with Crippen LogP contribution in [0.2, 0.25) is 0 Å². The van der Waals surface area contributed by atoms with Crippen LogP contribution in [0.3, 0.4) is 0 Å². The molecule has 0 fully saturated rings. The highest BCUT2D eigenvalue weighted by molar-refractivity contribution is 7.89. The summed E-state index contributed by atoms with van der Waals surface area (Å²) in [5, 5.41) is 2.90. The SMILES string of the molecule is CCC(C)(C)c1ccc(S(=O)(=O)NCCNC)cc1.Cl. The maximum absolute atomic E-state index is 12.0. The largest absolute Gasteiger partial charge is 0.318 e. The average Bonchev–Trinajstić information content (AvgIpc) is 2.39. The smallest absolute Gasteiger partial charge is 0.240 e. The number of hydrogen-bond donors (Lipinski definition) is 2. The molecule has 0 bridgehead atoms. The molecule has 0 aliphatic carbocycles. The number of likely N-dealkylation sites (N-methyl/N-ethyl adjacent to an activating group) is 1. The van der Waals surface area contributed by atoms with Crippen molar-refractivity contribution in [2.24, 2.45) is 0 Å². The van der Waals surface area contributed by atoms with Gasteiger partial charge in [0.1, 0.15) is 0 Å². The molecule has 0 radical (unpaired) electrons. The highest BCUT2D eigenvalue weighted by Gasteiger charge is 2.19. The quantitative estimate of drug-likeness (QED) is 0.758. The van der Waals surface area contributed by atoms with E-state index in [0.29, 0.717) is 18.0 Å². The molecule has 1 rings (SSSR count). The molecule has 0 saturated heterocycles. The van der Waals surface area contributed by atoms with Gasteiger partial charge in [0.2, 0.25) is 10.0 Å². The molecule has 6 heteroatoms. The van der Waals surface area contributed by atoms with Gasteiger partial charge < -0.3 is 5.32 Å². The van der Waals surface area contributed by atoms with Crippen molar-refractivity contribution in [1.82, 2.24) is 10.0 Å². The number of hydrogen-bond acceptors (Lipinski definition) is 3. The highest BCUT2D eigenvalue weighted by atomic mass is 35.5. The number of nitrogens with one attached hydrogen (secondary N) is 2. The molecule has 0 saturated carbocycles. The molecule has 1 aromatic carbocycles. The Hall–Kier alpha value is -0.620. The second-order valence-corrected chi connectivity index (χ2v) is 7.03. The molecule has 0 spiro atoms. The Morgan fingerprint density at radius 3 is 2.10 bits per heavy atom. The topological polar surface area (TPSA) is 58.2 Å². The van der Waals surface area contributed by atoms with Crippen LogP contribution in [0.4, 0.5) is 0 Å². The van der Waals surface area contributed by atoms with E-state index in [2.05, 4.69) is 30.8 Å². The van der Waals surface area contributed by atoms with Gasteiger partial charge in [-0.15, -0.1) is 12.4 Å². The Morgan fingerprint density at radius 1 is 1.10 bits per heavy atom. The molecule has 20 heavy (non-hydrogen) atoms. The number of benzene rings is 1. The predicted molar refractivity (Wildman–Crippen MR) is 86.1 cm³/mol. The van der Waals surface area contributed by atoms with Gasteiger partial charge in [-0.3, -0.25) is 0 Å². The molecule has 1 aromatic rings. The molecular weight excluding hydrogens is 296 g/mol. The van der Waals surface area contributed by atoms with Crippen molar-refractivity contribution in [3.05, 3.63) is 29.8 Å². The summed E-state index contributed by atoms with van der Waals surface area (Å²) in [6.45, 7) is 7.44. The summed E-state index contributed by atoms with van der Waals surface area (Å²) in [7, 11) is -1.60. The molecule has 0 aromatic heterocycles. The molecule has 0 amide bonds. The van der Waals surface area contributed by atoms with Crippen molar-refractivity contribution >= 4 is 22.4 Å². The zero-order chi connectivity index (χ0) is 14.5. The molecule has 0 atom stereocenters. The van der Waals surface area contributed by atoms with Crippen LogP contribution < -0.4 is 10.0 Å². The fraction of sp³-hybridized carbons (Fsp3) is 0.571. The normalized spacial score (nSPS) is 12.0. The van der Waals surface area contributed by atoms with Crippen molar-refractivity contribution in [2.75, 3.05) is 20.1 Å². The Balaban J connectivity index is 0.00000361. The van der Waals surface area contributed by atoms with Crippen LogP contribution in [0, 0.1) is 0 Å². The van der Waals surface area contributed by atoms with Crippen LogP contribution in [0.5, 0.6) is 0 Å². The van der Waals surface area contributed by atoms with Crippen LogP contribution in [0.15, 0.2) is 29.2 Å². The summed E-state index contributed by atoms with van der Waals surface area (Å²) >= 11 is 0. The Morgan fingerprint density at radius 2 is 1.65 bits per heavy atom. The van der Waals surface area contributed by atoms with Gasteiger partial charge in [0.25, 0.3) is 0 Å². The summed E-state index contributed by atoms with van der Waals surface area (Å²) in [5.74, 6) is 0. The standard InChI is InChI=1S/C14H24N2O2S.ClH/c1-5-14(2,3)12-6-8-13(9-7-12)19(17,18)16-11-10-15-4;/h6-9,15-16H,5,10-11H2,1-4H3;1H. The lowest BCUT2D eigenvalue weighted by molar-refractivity contribution is 0.505. The minimum atomic E-state index is -3.39. The molecule has 0 heterocycles. The number of halogens is 1.